The van der Waals surface area contributed by atoms with Crippen molar-refractivity contribution in [2.24, 2.45) is 0 Å². The van der Waals surface area contributed by atoms with Gasteiger partial charge in [0.05, 0.1) is 0 Å². The molecule has 1 rings (SSSR count). The van der Waals surface area contributed by atoms with Gasteiger partial charge in [-0.1, -0.05) is 24.3 Å². The standard InChI is InChI=1S/C10H10O2S2/c11-9(13)5-7-1-2-8(4-3-7)6-10(12)14/h1-4H,5-6H2,(H,11,13)(H,12,14). The molecular weight excluding hydrogens is 216 g/mol. The normalized spacial score (nSPS) is 9.86. The van der Waals surface area contributed by atoms with E-state index in [2.05, 4.69) is 25.3 Å². The van der Waals surface area contributed by atoms with Crippen LogP contribution in [0.15, 0.2) is 24.3 Å². The number of hydrogen-bond acceptors (Lipinski definition) is 2. The van der Waals surface area contributed by atoms with Crippen LogP contribution in [0.4, 0.5) is 0 Å². The van der Waals surface area contributed by atoms with Crippen LogP contribution in [0.3, 0.4) is 0 Å². The number of carbonyl (C=O) groups excluding carboxylic acids is 2. The predicted octanol–water partition coefficient (Wildman–Crippen LogP) is 1.68. The van der Waals surface area contributed by atoms with Crippen molar-refractivity contribution in [2.75, 3.05) is 0 Å². The van der Waals surface area contributed by atoms with Crippen LogP contribution in [0.5, 0.6) is 0 Å². The number of benzene rings is 1. The number of rotatable bonds is 4. The lowest BCUT2D eigenvalue weighted by Gasteiger charge is -1.99. The Balaban J connectivity index is 2.68. The van der Waals surface area contributed by atoms with Crippen molar-refractivity contribution in [1.29, 1.82) is 0 Å². The quantitative estimate of drug-likeness (QED) is 0.766. The summed E-state index contributed by atoms with van der Waals surface area (Å²) < 4.78 is 0. The molecule has 0 atom stereocenters. The molecule has 0 saturated heterocycles. The zero-order valence-corrected chi connectivity index (χ0v) is 9.22. The monoisotopic (exact) mass is 226 g/mol. The van der Waals surface area contributed by atoms with E-state index in [1.165, 1.54) is 0 Å². The zero-order valence-electron chi connectivity index (χ0n) is 7.43. The molecule has 1 aromatic rings. The minimum absolute atomic E-state index is 0.164. The van der Waals surface area contributed by atoms with E-state index in [0.29, 0.717) is 12.8 Å². The molecule has 0 spiro atoms. The van der Waals surface area contributed by atoms with Crippen LogP contribution < -0.4 is 0 Å². The molecule has 0 unspecified atom stereocenters. The largest absolute Gasteiger partial charge is 0.287 e. The molecule has 0 amide bonds. The number of thiol groups is 2. The van der Waals surface area contributed by atoms with Gasteiger partial charge < -0.3 is 0 Å². The molecule has 14 heavy (non-hydrogen) atoms. The van der Waals surface area contributed by atoms with Crippen LogP contribution in [0.2, 0.25) is 0 Å². The van der Waals surface area contributed by atoms with E-state index in [-0.39, 0.29) is 10.2 Å². The smallest absolute Gasteiger partial charge is 0.190 e. The van der Waals surface area contributed by atoms with Crippen LogP contribution in [-0.2, 0) is 22.4 Å². The molecule has 0 heterocycles. The molecule has 0 radical (unpaired) electrons. The fourth-order valence-electron chi connectivity index (χ4n) is 1.12. The molecule has 0 aliphatic carbocycles. The third-order valence-electron chi connectivity index (χ3n) is 1.73. The van der Waals surface area contributed by atoms with Gasteiger partial charge in [0.2, 0.25) is 0 Å². The van der Waals surface area contributed by atoms with Gasteiger partial charge >= 0.3 is 0 Å². The molecule has 74 valence electrons. The van der Waals surface area contributed by atoms with E-state index in [4.69, 9.17) is 0 Å². The number of hydrogen-bond donors (Lipinski definition) is 2. The first-order valence-corrected chi connectivity index (χ1v) is 4.99. The average molecular weight is 226 g/mol. The van der Waals surface area contributed by atoms with Gasteiger partial charge in [0.15, 0.2) is 10.2 Å². The lowest BCUT2D eigenvalue weighted by Crippen LogP contribution is -1.96. The third-order valence-corrected chi connectivity index (χ3v) is 2.05. The SMILES string of the molecule is O=C(S)Cc1ccc(CC(=O)S)cc1. The summed E-state index contributed by atoms with van der Waals surface area (Å²) in [6, 6.07) is 7.28. The highest BCUT2D eigenvalue weighted by atomic mass is 32.1. The first-order valence-electron chi connectivity index (χ1n) is 4.09. The second kappa shape index (κ2) is 5.22. The van der Waals surface area contributed by atoms with Gasteiger partial charge in [-0.2, -0.15) is 0 Å². The van der Waals surface area contributed by atoms with Gasteiger partial charge in [-0.25, -0.2) is 0 Å². The summed E-state index contributed by atoms with van der Waals surface area (Å²) in [5, 5.41) is -0.328. The summed E-state index contributed by atoms with van der Waals surface area (Å²) in [6.07, 6.45) is 0.635. The summed E-state index contributed by atoms with van der Waals surface area (Å²) in [5.74, 6) is 0. The minimum atomic E-state index is -0.164. The molecule has 1 aromatic carbocycles. The van der Waals surface area contributed by atoms with Crippen molar-refractivity contribution in [3.8, 4) is 0 Å². The van der Waals surface area contributed by atoms with E-state index in [1.54, 1.807) is 0 Å². The summed E-state index contributed by atoms with van der Waals surface area (Å²) in [7, 11) is 0. The fraction of sp³-hybridized carbons (Fsp3) is 0.200. The first kappa shape index (κ1) is 11.3. The van der Waals surface area contributed by atoms with Crippen molar-refractivity contribution in [3.05, 3.63) is 35.4 Å². The average Bonchev–Trinajstić information content (AvgIpc) is 2.06. The van der Waals surface area contributed by atoms with Crippen molar-refractivity contribution in [2.45, 2.75) is 12.8 Å². The Labute approximate surface area is 93.5 Å². The Morgan fingerprint density at radius 3 is 1.36 bits per heavy atom. The molecule has 0 fully saturated rings. The summed E-state index contributed by atoms with van der Waals surface area (Å²) >= 11 is 7.37. The Morgan fingerprint density at radius 1 is 0.857 bits per heavy atom. The lowest BCUT2D eigenvalue weighted by atomic mass is 10.1. The van der Waals surface area contributed by atoms with Gasteiger partial charge in [-0.15, -0.1) is 25.3 Å². The number of carbonyl (C=O) groups is 2. The molecule has 4 heteroatoms. The maximum Gasteiger partial charge on any atom is 0.190 e. The van der Waals surface area contributed by atoms with Crippen molar-refractivity contribution in [1.82, 2.24) is 0 Å². The summed E-state index contributed by atoms with van der Waals surface area (Å²) in [6.45, 7) is 0. The highest BCUT2D eigenvalue weighted by Crippen LogP contribution is 2.07. The molecule has 0 saturated carbocycles. The van der Waals surface area contributed by atoms with Gasteiger partial charge in [-0.3, -0.25) is 9.59 Å². The van der Waals surface area contributed by atoms with E-state index >= 15 is 0 Å². The highest BCUT2D eigenvalue weighted by molar-refractivity contribution is 7.96. The van der Waals surface area contributed by atoms with Gasteiger partial charge in [-0.05, 0) is 11.1 Å². The lowest BCUT2D eigenvalue weighted by molar-refractivity contribution is -0.111. The molecule has 0 aliphatic rings. The maximum atomic E-state index is 10.7. The maximum absolute atomic E-state index is 10.7. The van der Waals surface area contributed by atoms with E-state index in [1.807, 2.05) is 24.3 Å². The van der Waals surface area contributed by atoms with E-state index in [9.17, 15) is 9.59 Å². The molecule has 2 nitrogen and oxygen atoms in total. The molecule has 0 bridgehead atoms. The first-order chi connectivity index (χ1) is 6.58. The zero-order chi connectivity index (χ0) is 10.6. The highest BCUT2D eigenvalue weighted by Gasteiger charge is 2.00. The Bertz CT molecular complexity index is 309. The second-order valence-electron chi connectivity index (χ2n) is 2.96. The third kappa shape index (κ3) is 3.98. The van der Waals surface area contributed by atoms with E-state index in [0.717, 1.165) is 11.1 Å². The summed E-state index contributed by atoms with van der Waals surface area (Å²) in [4.78, 5) is 21.3. The van der Waals surface area contributed by atoms with Crippen molar-refractivity contribution < 1.29 is 9.59 Å². The van der Waals surface area contributed by atoms with Crippen LogP contribution >= 0.6 is 25.3 Å². The molecule has 0 aromatic heterocycles. The van der Waals surface area contributed by atoms with E-state index < -0.39 is 0 Å². The summed E-state index contributed by atoms with van der Waals surface area (Å²) in [5.41, 5.74) is 1.81. The molecular formula is C10H10O2S2. The van der Waals surface area contributed by atoms with Crippen LogP contribution in [0.1, 0.15) is 11.1 Å². The van der Waals surface area contributed by atoms with Crippen molar-refractivity contribution >= 4 is 35.5 Å². The minimum Gasteiger partial charge on any atom is -0.287 e. The topological polar surface area (TPSA) is 34.1 Å². The molecule has 0 N–H and O–H groups in total. The fourth-order valence-corrected chi connectivity index (χ4v) is 1.49. The van der Waals surface area contributed by atoms with Gasteiger partial charge in [0.1, 0.15) is 0 Å². The van der Waals surface area contributed by atoms with Gasteiger partial charge in [0, 0.05) is 12.8 Å². The predicted molar refractivity (Wildman–Crippen MR) is 61.8 cm³/mol. The van der Waals surface area contributed by atoms with Crippen LogP contribution in [0, 0.1) is 0 Å². The Kier molecular flexibility index (Phi) is 4.22. The van der Waals surface area contributed by atoms with Gasteiger partial charge in [0.25, 0.3) is 0 Å². The Hall–Kier alpha value is -0.740. The van der Waals surface area contributed by atoms with Crippen LogP contribution in [0.25, 0.3) is 0 Å². The molecule has 0 aliphatic heterocycles. The second-order valence-corrected chi connectivity index (χ2v) is 3.96. The van der Waals surface area contributed by atoms with Crippen molar-refractivity contribution in [3.63, 3.8) is 0 Å². The van der Waals surface area contributed by atoms with Crippen LogP contribution in [-0.4, -0.2) is 10.2 Å². The Morgan fingerprint density at radius 2 is 1.14 bits per heavy atom.